The zero-order valence-electron chi connectivity index (χ0n) is 12.3. The molecule has 0 amide bonds. The number of nitrogens with two attached hydrogens (primary N) is 1. The van der Waals surface area contributed by atoms with E-state index in [-0.39, 0.29) is 10.0 Å². The van der Waals surface area contributed by atoms with Crippen LogP contribution in [0.3, 0.4) is 0 Å². The molecule has 1 atom stereocenters. The first-order valence-corrected chi connectivity index (χ1v) is 9.45. The number of hydrogen-bond acceptors (Lipinski definition) is 3. The number of hydrogen-bond donors (Lipinski definition) is 3. The normalized spacial score (nSPS) is 13.2. The minimum atomic E-state index is -3.89. The highest BCUT2D eigenvalue weighted by Gasteiger charge is 2.40. The molecule has 0 heterocycles. The van der Waals surface area contributed by atoms with Crippen molar-refractivity contribution in [3.63, 3.8) is 0 Å². The smallest absolute Gasteiger partial charge is 0.242 e. The molecule has 0 fully saturated rings. The Bertz CT molecular complexity index is 800. The van der Waals surface area contributed by atoms with Crippen LogP contribution in [-0.2, 0) is 14.4 Å². The van der Waals surface area contributed by atoms with Gasteiger partial charge in [-0.1, -0.05) is 71.7 Å². The zero-order valence-corrected chi connectivity index (χ0v) is 15.5. The van der Waals surface area contributed by atoms with Gasteiger partial charge >= 0.3 is 0 Å². The molecule has 0 bridgehead atoms. The van der Waals surface area contributed by atoms with Crippen LogP contribution in [0.5, 0.6) is 0 Å². The minimum absolute atomic E-state index is 0.0666. The summed E-state index contributed by atoms with van der Waals surface area (Å²) in [5.74, 6) is 0. The number of nitrogens with one attached hydrogen (secondary N) is 2. The topological polar surface area (TPSA) is 84.2 Å². The van der Waals surface area contributed by atoms with Gasteiger partial charge in [0.1, 0.15) is 6.17 Å². The van der Waals surface area contributed by atoms with E-state index < -0.39 is 20.5 Å². The first kappa shape index (κ1) is 19.0. The predicted octanol–water partition coefficient (Wildman–Crippen LogP) is 2.45. The van der Waals surface area contributed by atoms with Crippen LogP contribution in [0.25, 0.3) is 0 Å². The van der Waals surface area contributed by atoms with Crippen molar-refractivity contribution in [1.29, 1.82) is 0 Å². The lowest BCUT2D eigenvalue weighted by atomic mass is 10.1. The van der Waals surface area contributed by atoms with Gasteiger partial charge in [0.15, 0.2) is 9.45 Å². The summed E-state index contributed by atoms with van der Waals surface area (Å²) in [4.78, 5) is 0.0666. The molecule has 2 rings (SSSR count). The second kappa shape index (κ2) is 7.67. The maximum absolute atomic E-state index is 12.5. The largest absolute Gasteiger partial charge is 0.376 e. The standard InChI is InChI=1S/C15H15Cl2N3O2S2/c16-15(17,11-7-3-1-4-8-11)13(19-14(18)23)20-24(21,22)12-9-5-2-6-10-12/h1-10,13,20H,(H3,18,19,23). The van der Waals surface area contributed by atoms with Crippen molar-refractivity contribution in [2.45, 2.75) is 15.4 Å². The summed E-state index contributed by atoms with van der Waals surface area (Å²) >= 11 is 17.7. The Balaban J connectivity index is 2.37. The number of thiocarbonyl (C=S) groups is 1. The van der Waals surface area contributed by atoms with Gasteiger partial charge < -0.3 is 11.1 Å². The molecule has 0 spiro atoms. The van der Waals surface area contributed by atoms with Crippen LogP contribution in [0.1, 0.15) is 5.56 Å². The molecular weight excluding hydrogens is 389 g/mol. The molecule has 0 aliphatic heterocycles. The highest BCUT2D eigenvalue weighted by Crippen LogP contribution is 2.37. The zero-order chi connectivity index (χ0) is 17.8. The summed E-state index contributed by atoms with van der Waals surface area (Å²) in [6.07, 6.45) is -1.18. The lowest BCUT2D eigenvalue weighted by molar-refractivity contribution is 0.498. The predicted molar refractivity (Wildman–Crippen MR) is 100 cm³/mol. The maximum atomic E-state index is 12.5. The van der Waals surface area contributed by atoms with Crippen molar-refractivity contribution in [1.82, 2.24) is 10.0 Å². The molecule has 4 N–H and O–H groups in total. The molecule has 0 radical (unpaired) electrons. The lowest BCUT2D eigenvalue weighted by Gasteiger charge is -2.31. The SMILES string of the molecule is NC(=S)NC(NS(=O)(=O)c1ccccc1)C(Cl)(Cl)c1ccccc1. The highest BCUT2D eigenvalue weighted by molar-refractivity contribution is 7.89. The molecular formula is C15H15Cl2N3O2S2. The van der Waals surface area contributed by atoms with E-state index in [1.165, 1.54) is 12.1 Å². The molecule has 2 aromatic carbocycles. The van der Waals surface area contributed by atoms with E-state index in [2.05, 4.69) is 10.0 Å². The molecule has 128 valence electrons. The van der Waals surface area contributed by atoms with Crippen LogP contribution in [0, 0.1) is 0 Å². The third kappa shape index (κ3) is 4.58. The fourth-order valence-corrected chi connectivity index (χ4v) is 3.90. The van der Waals surface area contributed by atoms with Crippen LogP contribution >= 0.6 is 35.4 Å². The number of benzene rings is 2. The Morgan fingerprint density at radius 1 is 1.04 bits per heavy atom. The summed E-state index contributed by atoms with van der Waals surface area (Å²) in [6.45, 7) is 0. The third-order valence-electron chi connectivity index (χ3n) is 3.13. The van der Waals surface area contributed by atoms with E-state index in [1.54, 1.807) is 48.5 Å². The molecule has 9 heteroatoms. The fourth-order valence-electron chi connectivity index (χ4n) is 1.99. The molecule has 0 saturated heterocycles. The summed E-state index contributed by atoms with van der Waals surface area (Å²) in [7, 11) is -3.89. The molecule has 0 saturated carbocycles. The molecule has 0 aromatic heterocycles. The first-order chi connectivity index (χ1) is 11.2. The molecule has 2 aromatic rings. The van der Waals surface area contributed by atoms with E-state index in [1.807, 2.05) is 0 Å². The summed E-state index contributed by atoms with van der Waals surface area (Å²) < 4.78 is 25.9. The van der Waals surface area contributed by atoms with Gasteiger partial charge in [-0.25, -0.2) is 8.42 Å². The Labute approximate surface area is 156 Å². The average Bonchev–Trinajstić information content (AvgIpc) is 2.55. The maximum Gasteiger partial charge on any atom is 0.242 e. The molecule has 5 nitrogen and oxygen atoms in total. The van der Waals surface area contributed by atoms with E-state index in [4.69, 9.17) is 41.2 Å². The van der Waals surface area contributed by atoms with Gasteiger partial charge in [-0.2, -0.15) is 4.72 Å². The Morgan fingerprint density at radius 3 is 2.04 bits per heavy atom. The van der Waals surface area contributed by atoms with Crippen LogP contribution in [0.2, 0.25) is 0 Å². The van der Waals surface area contributed by atoms with Crippen molar-refractivity contribution < 1.29 is 8.42 Å². The van der Waals surface area contributed by atoms with Gasteiger partial charge in [0.2, 0.25) is 10.0 Å². The summed E-state index contributed by atoms with van der Waals surface area (Å²) in [5.41, 5.74) is 5.98. The Kier molecular flexibility index (Phi) is 6.06. The van der Waals surface area contributed by atoms with E-state index >= 15 is 0 Å². The molecule has 24 heavy (non-hydrogen) atoms. The van der Waals surface area contributed by atoms with Gasteiger partial charge in [-0.05, 0) is 29.9 Å². The fraction of sp³-hybridized carbons (Fsp3) is 0.133. The lowest BCUT2D eigenvalue weighted by Crippen LogP contribution is -2.56. The van der Waals surface area contributed by atoms with Crippen molar-refractivity contribution in [3.8, 4) is 0 Å². The highest BCUT2D eigenvalue weighted by atomic mass is 35.5. The van der Waals surface area contributed by atoms with Gasteiger partial charge in [0, 0.05) is 0 Å². The monoisotopic (exact) mass is 403 g/mol. The second-order valence-corrected chi connectivity index (χ2v) is 8.40. The van der Waals surface area contributed by atoms with Gasteiger partial charge in [0.05, 0.1) is 4.90 Å². The van der Waals surface area contributed by atoms with Gasteiger partial charge in [0.25, 0.3) is 0 Å². The van der Waals surface area contributed by atoms with Crippen molar-refractivity contribution in [3.05, 3.63) is 66.2 Å². The van der Waals surface area contributed by atoms with Crippen LogP contribution in [-0.4, -0.2) is 19.7 Å². The van der Waals surface area contributed by atoms with Crippen LogP contribution < -0.4 is 15.8 Å². The van der Waals surface area contributed by atoms with Crippen LogP contribution in [0.15, 0.2) is 65.6 Å². The van der Waals surface area contributed by atoms with Gasteiger partial charge in [-0.15, -0.1) is 0 Å². The average molecular weight is 404 g/mol. The van der Waals surface area contributed by atoms with Crippen LogP contribution in [0.4, 0.5) is 0 Å². The number of sulfonamides is 1. The van der Waals surface area contributed by atoms with Crippen molar-refractivity contribution in [2.24, 2.45) is 5.73 Å². The Morgan fingerprint density at radius 2 is 1.54 bits per heavy atom. The Hall–Kier alpha value is -1.38. The first-order valence-electron chi connectivity index (χ1n) is 6.80. The quantitative estimate of drug-likeness (QED) is 0.391. The van der Waals surface area contributed by atoms with Crippen molar-refractivity contribution in [2.75, 3.05) is 0 Å². The molecule has 0 aliphatic rings. The number of alkyl halides is 2. The van der Waals surface area contributed by atoms with Crippen molar-refractivity contribution >= 4 is 50.6 Å². The van der Waals surface area contributed by atoms with E-state index in [9.17, 15) is 8.42 Å². The summed E-state index contributed by atoms with van der Waals surface area (Å²) in [6, 6.07) is 16.4. The van der Waals surface area contributed by atoms with Gasteiger partial charge in [-0.3, -0.25) is 0 Å². The second-order valence-electron chi connectivity index (χ2n) is 4.86. The molecule has 0 aliphatic carbocycles. The third-order valence-corrected chi connectivity index (χ3v) is 5.56. The van der Waals surface area contributed by atoms with E-state index in [0.29, 0.717) is 5.56 Å². The molecule has 1 unspecified atom stereocenters. The number of halogens is 2. The summed E-state index contributed by atoms with van der Waals surface area (Å²) in [5, 5.41) is 2.46. The van der Waals surface area contributed by atoms with E-state index in [0.717, 1.165) is 0 Å². The minimum Gasteiger partial charge on any atom is -0.376 e. The number of rotatable bonds is 6.